The third kappa shape index (κ3) is 3.20. The molecule has 0 saturated carbocycles. The Labute approximate surface area is 142 Å². The van der Waals surface area contributed by atoms with Crippen molar-refractivity contribution >= 4 is 10.9 Å². The fraction of sp³-hybridized carbons (Fsp3) is 0.368. The first-order valence-corrected chi connectivity index (χ1v) is 8.28. The monoisotopic (exact) mass is 327 g/mol. The Bertz CT molecular complexity index is 891. The maximum Gasteiger partial charge on any atom is 0.191 e. The van der Waals surface area contributed by atoms with Crippen LogP contribution >= 0.6 is 0 Å². The maximum atomic E-state index is 12.4. The van der Waals surface area contributed by atoms with Gasteiger partial charge in [-0.05, 0) is 31.0 Å². The van der Waals surface area contributed by atoms with Gasteiger partial charge in [0.15, 0.2) is 5.43 Å². The average Bonchev–Trinajstić information content (AvgIpc) is 3.08. The summed E-state index contributed by atoms with van der Waals surface area (Å²) in [7, 11) is 1.62. The summed E-state index contributed by atoms with van der Waals surface area (Å²) in [5, 5.41) is 5.17. The van der Waals surface area contributed by atoms with Gasteiger partial charge < -0.3 is 9.72 Å². The molecule has 0 amide bonds. The van der Waals surface area contributed by atoms with Crippen LogP contribution in [0.1, 0.15) is 44.9 Å². The lowest BCUT2D eigenvalue weighted by Crippen LogP contribution is -2.09. The van der Waals surface area contributed by atoms with Crippen molar-refractivity contribution in [2.75, 3.05) is 7.11 Å². The Morgan fingerprint density at radius 2 is 1.92 bits per heavy atom. The Kier molecular flexibility index (Phi) is 5.44. The largest absolute Gasteiger partial charge is 0.496 e. The maximum absolute atomic E-state index is 12.4. The fourth-order valence-electron chi connectivity index (χ4n) is 2.55. The molecule has 2 heterocycles. The number of hydrogen-bond acceptors (Lipinski definition) is 3. The second-order valence-corrected chi connectivity index (χ2v) is 5.67. The van der Waals surface area contributed by atoms with Crippen molar-refractivity contribution < 1.29 is 4.74 Å². The lowest BCUT2D eigenvalue weighted by molar-refractivity contribution is 0.412. The van der Waals surface area contributed by atoms with E-state index in [4.69, 9.17) is 4.74 Å². The van der Waals surface area contributed by atoms with Crippen LogP contribution in [0.3, 0.4) is 0 Å². The molecule has 5 nitrogen and oxygen atoms in total. The lowest BCUT2D eigenvalue weighted by Gasteiger charge is -2.10. The number of benzene rings is 1. The van der Waals surface area contributed by atoms with Gasteiger partial charge in [0.05, 0.1) is 18.3 Å². The van der Waals surface area contributed by atoms with Crippen molar-refractivity contribution in [2.45, 2.75) is 40.5 Å². The topological polar surface area (TPSA) is 59.9 Å². The molecule has 0 bridgehead atoms. The Balaban J connectivity index is 0.00000100. The van der Waals surface area contributed by atoms with Crippen molar-refractivity contribution in [3.63, 3.8) is 0 Å². The molecule has 1 aromatic carbocycles. The van der Waals surface area contributed by atoms with E-state index in [-0.39, 0.29) is 5.43 Å². The molecular weight excluding hydrogens is 302 g/mol. The van der Waals surface area contributed by atoms with Gasteiger partial charge in [0.2, 0.25) is 0 Å². The number of nitrogens with zero attached hydrogens (tertiary/aromatic N) is 2. The molecule has 0 fully saturated rings. The van der Waals surface area contributed by atoms with Crippen LogP contribution in [0.25, 0.3) is 16.7 Å². The molecule has 0 spiro atoms. The van der Waals surface area contributed by atoms with Gasteiger partial charge in [-0.2, -0.15) is 5.10 Å². The van der Waals surface area contributed by atoms with E-state index in [9.17, 15) is 4.79 Å². The third-order valence-electron chi connectivity index (χ3n) is 3.87. The number of H-pyrrole nitrogens is 1. The molecular formula is C19H25N3O2. The highest BCUT2D eigenvalue weighted by molar-refractivity contribution is 5.84. The molecule has 128 valence electrons. The first kappa shape index (κ1) is 17.8. The summed E-state index contributed by atoms with van der Waals surface area (Å²) in [4.78, 5) is 15.7. The number of fused-ring (bicyclic) bond motifs is 1. The second-order valence-electron chi connectivity index (χ2n) is 5.67. The number of aromatic amines is 1. The van der Waals surface area contributed by atoms with Crippen LogP contribution in [-0.4, -0.2) is 21.9 Å². The molecule has 0 aliphatic heterocycles. The summed E-state index contributed by atoms with van der Waals surface area (Å²) >= 11 is 0. The average molecular weight is 327 g/mol. The Morgan fingerprint density at radius 3 is 2.50 bits per heavy atom. The highest BCUT2D eigenvalue weighted by Gasteiger charge is 2.11. The molecule has 3 rings (SSSR count). The normalized spacial score (nSPS) is 10.6. The number of hydrogen-bond donors (Lipinski definition) is 1. The minimum absolute atomic E-state index is 0.0314. The van der Waals surface area contributed by atoms with E-state index in [0.717, 1.165) is 22.5 Å². The van der Waals surface area contributed by atoms with Gasteiger partial charge in [0, 0.05) is 23.2 Å². The zero-order chi connectivity index (χ0) is 17.9. The molecule has 2 aromatic heterocycles. The zero-order valence-electron chi connectivity index (χ0n) is 15.2. The van der Waals surface area contributed by atoms with E-state index in [1.807, 2.05) is 39.1 Å². The van der Waals surface area contributed by atoms with E-state index in [0.29, 0.717) is 17.1 Å². The Hall–Kier alpha value is -2.56. The van der Waals surface area contributed by atoms with Crippen LogP contribution in [0.15, 0.2) is 35.3 Å². The standard InChI is InChI=1S/C17H19N3O2.C2H6/c1-10(2)13-7-8-20(19-13)16-9-14(21)12-5-6-15(22-4)11(3)17(12)18-16;1-2/h5-10H,1-4H3,(H,18,21);1-2H3. The summed E-state index contributed by atoms with van der Waals surface area (Å²) in [6, 6.07) is 7.14. The van der Waals surface area contributed by atoms with Crippen molar-refractivity contribution in [3.05, 3.63) is 51.9 Å². The number of rotatable bonds is 3. The number of ether oxygens (including phenoxy) is 1. The summed E-state index contributed by atoms with van der Waals surface area (Å²) < 4.78 is 7.03. The molecule has 0 atom stereocenters. The highest BCUT2D eigenvalue weighted by Crippen LogP contribution is 2.24. The van der Waals surface area contributed by atoms with E-state index >= 15 is 0 Å². The second kappa shape index (κ2) is 7.34. The van der Waals surface area contributed by atoms with Crippen LogP contribution in [0.5, 0.6) is 5.75 Å². The molecule has 5 heteroatoms. The number of aromatic nitrogens is 3. The molecule has 0 aliphatic carbocycles. The van der Waals surface area contributed by atoms with Crippen LogP contribution in [-0.2, 0) is 0 Å². The zero-order valence-corrected chi connectivity index (χ0v) is 15.2. The summed E-state index contributed by atoms with van der Waals surface area (Å²) in [6.07, 6.45) is 1.86. The minimum Gasteiger partial charge on any atom is -0.496 e. The number of nitrogens with one attached hydrogen (secondary N) is 1. The number of aryl methyl sites for hydroxylation is 1. The van der Waals surface area contributed by atoms with Crippen LogP contribution in [0.2, 0.25) is 0 Å². The first-order valence-electron chi connectivity index (χ1n) is 8.28. The van der Waals surface area contributed by atoms with Gasteiger partial charge in [-0.25, -0.2) is 4.68 Å². The van der Waals surface area contributed by atoms with Crippen LogP contribution in [0.4, 0.5) is 0 Å². The number of methoxy groups -OCH3 is 1. The minimum atomic E-state index is -0.0314. The van der Waals surface area contributed by atoms with Gasteiger partial charge >= 0.3 is 0 Å². The Morgan fingerprint density at radius 1 is 1.21 bits per heavy atom. The van der Waals surface area contributed by atoms with E-state index < -0.39 is 0 Å². The molecule has 0 saturated heterocycles. The predicted molar refractivity (Wildman–Crippen MR) is 98.4 cm³/mol. The smallest absolute Gasteiger partial charge is 0.191 e. The van der Waals surface area contributed by atoms with E-state index in [1.165, 1.54) is 0 Å². The van der Waals surface area contributed by atoms with Gasteiger partial charge in [0.25, 0.3) is 0 Å². The van der Waals surface area contributed by atoms with Gasteiger partial charge in [-0.1, -0.05) is 27.7 Å². The molecule has 24 heavy (non-hydrogen) atoms. The predicted octanol–water partition coefficient (Wildman–Crippen LogP) is 4.18. The molecule has 0 unspecified atom stereocenters. The van der Waals surface area contributed by atoms with Gasteiger partial charge in [-0.15, -0.1) is 0 Å². The molecule has 3 aromatic rings. The lowest BCUT2D eigenvalue weighted by atomic mass is 10.1. The fourth-order valence-corrected chi connectivity index (χ4v) is 2.55. The molecule has 0 radical (unpaired) electrons. The van der Waals surface area contributed by atoms with Gasteiger partial charge in [-0.3, -0.25) is 4.79 Å². The van der Waals surface area contributed by atoms with Gasteiger partial charge in [0.1, 0.15) is 11.6 Å². The van der Waals surface area contributed by atoms with Crippen molar-refractivity contribution in [3.8, 4) is 11.6 Å². The summed E-state index contributed by atoms with van der Waals surface area (Å²) in [5.41, 5.74) is 2.65. The quantitative estimate of drug-likeness (QED) is 0.785. The molecule has 0 aliphatic rings. The molecule has 1 N–H and O–H groups in total. The van der Waals surface area contributed by atoms with E-state index in [1.54, 1.807) is 23.9 Å². The highest BCUT2D eigenvalue weighted by atomic mass is 16.5. The first-order chi connectivity index (χ1) is 11.5. The van der Waals surface area contributed by atoms with Crippen molar-refractivity contribution in [2.24, 2.45) is 0 Å². The summed E-state index contributed by atoms with van der Waals surface area (Å²) in [5.74, 6) is 1.75. The van der Waals surface area contributed by atoms with Crippen molar-refractivity contribution in [1.29, 1.82) is 0 Å². The van der Waals surface area contributed by atoms with Crippen molar-refractivity contribution in [1.82, 2.24) is 14.8 Å². The summed E-state index contributed by atoms with van der Waals surface area (Å²) in [6.45, 7) is 10.1. The van der Waals surface area contributed by atoms with Crippen LogP contribution in [0, 0.1) is 6.92 Å². The third-order valence-corrected chi connectivity index (χ3v) is 3.87. The SMILES string of the molecule is CC.COc1ccc2c(=O)cc(-n3ccc(C(C)C)n3)[nH]c2c1C. The van der Waals surface area contributed by atoms with Crippen LogP contribution < -0.4 is 10.2 Å². The van der Waals surface area contributed by atoms with E-state index in [2.05, 4.69) is 23.9 Å². The number of pyridine rings is 1.